The highest BCUT2D eigenvalue weighted by atomic mass is 16.5. The molecule has 0 aliphatic heterocycles. The normalized spacial score (nSPS) is 12.3. The highest BCUT2D eigenvalue weighted by molar-refractivity contribution is 5.80. The lowest BCUT2D eigenvalue weighted by molar-refractivity contribution is 0.152. The molecule has 0 aliphatic carbocycles. The smallest absolute Gasteiger partial charge is 0.252 e. The summed E-state index contributed by atoms with van der Waals surface area (Å²) in [4.78, 5) is 18.2. The fourth-order valence-corrected chi connectivity index (χ4v) is 4.53. The first-order valence-corrected chi connectivity index (χ1v) is 12.6. The minimum atomic E-state index is -0.126. The largest absolute Gasteiger partial charge is 0.494 e. The number of hydrogen-bond donors (Lipinski definition) is 2. The third kappa shape index (κ3) is 6.16. The van der Waals surface area contributed by atoms with Gasteiger partial charge in [-0.2, -0.15) is 0 Å². The van der Waals surface area contributed by atoms with Crippen molar-refractivity contribution in [2.24, 2.45) is 0 Å². The van der Waals surface area contributed by atoms with Crippen LogP contribution in [0.2, 0.25) is 0 Å². The van der Waals surface area contributed by atoms with Crippen LogP contribution in [0, 0.1) is 0 Å². The summed E-state index contributed by atoms with van der Waals surface area (Å²) in [6.07, 6.45) is 2.16. The van der Waals surface area contributed by atoms with Crippen LogP contribution in [-0.4, -0.2) is 55.0 Å². The SMILES string of the molecule is CCOc1ccc2[nH]c(=O)c(CN(CCCO)[C@@H](CC)c3nnnn3CCc3ccccc3)cc2c1. The molecule has 9 heteroatoms. The quantitative estimate of drug-likeness (QED) is 0.295. The molecule has 0 fully saturated rings. The number of aryl methyl sites for hydroxylation is 2. The molecular weight excluding hydrogens is 456 g/mol. The van der Waals surface area contributed by atoms with Gasteiger partial charge in [0.1, 0.15) is 5.75 Å². The number of aromatic amines is 1. The van der Waals surface area contributed by atoms with Gasteiger partial charge in [0, 0.05) is 42.7 Å². The van der Waals surface area contributed by atoms with Gasteiger partial charge in [0.2, 0.25) is 0 Å². The summed E-state index contributed by atoms with van der Waals surface area (Å²) < 4.78 is 7.49. The number of hydrogen-bond acceptors (Lipinski definition) is 7. The van der Waals surface area contributed by atoms with Crippen molar-refractivity contribution >= 4 is 10.9 Å². The zero-order valence-corrected chi connectivity index (χ0v) is 20.9. The van der Waals surface area contributed by atoms with Gasteiger partial charge in [-0.25, -0.2) is 4.68 Å². The van der Waals surface area contributed by atoms with Crippen LogP contribution < -0.4 is 10.3 Å². The zero-order valence-electron chi connectivity index (χ0n) is 20.9. The van der Waals surface area contributed by atoms with Gasteiger partial charge in [-0.05, 0) is 66.4 Å². The van der Waals surface area contributed by atoms with Gasteiger partial charge in [0.05, 0.1) is 12.6 Å². The van der Waals surface area contributed by atoms with Crippen molar-refractivity contribution in [2.75, 3.05) is 19.8 Å². The maximum atomic E-state index is 13.0. The van der Waals surface area contributed by atoms with Gasteiger partial charge < -0.3 is 14.8 Å². The van der Waals surface area contributed by atoms with E-state index in [0.29, 0.717) is 38.2 Å². The molecule has 0 bridgehead atoms. The van der Waals surface area contributed by atoms with Crippen molar-refractivity contribution in [3.8, 4) is 5.75 Å². The third-order valence-electron chi connectivity index (χ3n) is 6.32. The van der Waals surface area contributed by atoms with E-state index in [1.165, 1.54) is 5.56 Å². The summed E-state index contributed by atoms with van der Waals surface area (Å²) >= 11 is 0. The Morgan fingerprint density at radius 1 is 1.14 bits per heavy atom. The van der Waals surface area contributed by atoms with Gasteiger partial charge in [0.25, 0.3) is 5.56 Å². The summed E-state index contributed by atoms with van der Waals surface area (Å²) in [5, 5.41) is 23.1. The van der Waals surface area contributed by atoms with E-state index >= 15 is 0 Å². The molecule has 2 aromatic heterocycles. The van der Waals surface area contributed by atoms with E-state index in [0.717, 1.165) is 35.3 Å². The maximum absolute atomic E-state index is 13.0. The Morgan fingerprint density at radius 3 is 2.72 bits per heavy atom. The third-order valence-corrected chi connectivity index (χ3v) is 6.32. The summed E-state index contributed by atoms with van der Waals surface area (Å²) in [5.74, 6) is 1.53. The van der Waals surface area contributed by atoms with Gasteiger partial charge in [-0.1, -0.05) is 37.3 Å². The van der Waals surface area contributed by atoms with E-state index in [2.05, 4.69) is 44.5 Å². The molecule has 0 spiro atoms. The Hall–Kier alpha value is -3.56. The molecule has 0 radical (unpaired) electrons. The number of aromatic nitrogens is 5. The number of tetrazole rings is 1. The summed E-state index contributed by atoms with van der Waals surface area (Å²) in [7, 11) is 0. The Balaban J connectivity index is 1.60. The Kier molecular flexibility index (Phi) is 8.80. The first-order valence-electron chi connectivity index (χ1n) is 12.6. The second-order valence-corrected chi connectivity index (χ2v) is 8.77. The molecule has 0 amide bonds. The average Bonchev–Trinajstić information content (AvgIpc) is 3.36. The van der Waals surface area contributed by atoms with Gasteiger partial charge in [0.15, 0.2) is 5.82 Å². The van der Waals surface area contributed by atoms with Gasteiger partial charge in [-0.3, -0.25) is 9.69 Å². The second-order valence-electron chi connectivity index (χ2n) is 8.77. The topological polar surface area (TPSA) is 109 Å². The molecule has 1 atom stereocenters. The number of rotatable bonds is 13. The van der Waals surface area contributed by atoms with Gasteiger partial charge in [-0.15, -0.1) is 5.10 Å². The van der Waals surface area contributed by atoms with Crippen LogP contribution in [0.4, 0.5) is 0 Å². The van der Waals surface area contributed by atoms with Crippen LogP contribution in [-0.2, 0) is 19.5 Å². The van der Waals surface area contributed by atoms with E-state index in [-0.39, 0.29) is 18.2 Å². The lowest BCUT2D eigenvalue weighted by Gasteiger charge is -2.30. The number of nitrogens with zero attached hydrogens (tertiary/aromatic N) is 5. The molecule has 2 heterocycles. The Bertz CT molecular complexity index is 1300. The van der Waals surface area contributed by atoms with E-state index in [9.17, 15) is 9.90 Å². The minimum Gasteiger partial charge on any atom is -0.494 e. The molecule has 0 aliphatic rings. The highest BCUT2D eigenvalue weighted by Gasteiger charge is 2.25. The predicted molar refractivity (Wildman–Crippen MR) is 139 cm³/mol. The maximum Gasteiger partial charge on any atom is 0.252 e. The van der Waals surface area contributed by atoms with E-state index in [4.69, 9.17) is 4.74 Å². The van der Waals surface area contributed by atoms with E-state index in [1.807, 2.05) is 54.1 Å². The molecule has 0 saturated carbocycles. The number of pyridine rings is 1. The number of benzene rings is 2. The highest BCUT2D eigenvalue weighted by Crippen LogP contribution is 2.25. The van der Waals surface area contributed by atoms with Crippen molar-refractivity contribution in [2.45, 2.75) is 52.2 Å². The zero-order chi connectivity index (χ0) is 25.3. The molecule has 2 N–H and O–H groups in total. The van der Waals surface area contributed by atoms with Crippen molar-refractivity contribution in [3.05, 3.63) is 81.9 Å². The summed E-state index contributed by atoms with van der Waals surface area (Å²) in [6.45, 7) is 6.36. The number of nitrogens with one attached hydrogen (secondary N) is 1. The molecule has 0 saturated heterocycles. The minimum absolute atomic E-state index is 0.0671. The summed E-state index contributed by atoms with van der Waals surface area (Å²) in [5.41, 5.74) is 2.51. The summed E-state index contributed by atoms with van der Waals surface area (Å²) in [6, 6.07) is 17.7. The Labute approximate surface area is 210 Å². The standard InChI is InChI=1S/C27H34N6O3/c1-3-25(26-29-30-31-33(26)15-13-20-9-6-5-7-10-20)32(14-8-16-34)19-22-17-21-18-23(36-4-2)11-12-24(21)28-27(22)35/h5-7,9-12,17-18,25,34H,3-4,8,13-16,19H2,1-2H3,(H,28,35)/t25-/m0/s1. The molecule has 190 valence electrons. The van der Waals surface area contributed by atoms with Crippen molar-refractivity contribution in [1.82, 2.24) is 30.1 Å². The Morgan fingerprint density at radius 2 is 1.97 bits per heavy atom. The fraction of sp³-hybridized carbons (Fsp3) is 0.407. The number of aliphatic hydroxyl groups excluding tert-OH is 1. The number of ether oxygens (including phenoxy) is 1. The van der Waals surface area contributed by atoms with Crippen LogP contribution in [0.3, 0.4) is 0 Å². The lowest BCUT2D eigenvalue weighted by atomic mass is 10.1. The average molecular weight is 491 g/mol. The molecule has 9 nitrogen and oxygen atoms in total. The molecule has 0 unspecified atom stereocenters. The van der Waals surface area contributed by atoms with Crippen LogP contribution in [0.25, 0.3) is 10.9 Å². The first kappa shape index (κ1) is 25.5. The van der Waals surface area contributed by atoms with Crippen LogP contribution >= 0.6 is 0 Å². The number of aliphatic hydroxyl groups is 1. The molecule has 4 aromatic rings. The number of H-pyrrole nitrogens is 1. The van der Waals surface area contributed by atoms with E-state index < -0.39 is 0 Å². The first-order chi connectivity index (χ1) is 17.6. The van der Waals surface area contributed by atoms with Crippen LogP contribution in [0.5, 0.6) is 5.75 Å². The van der Waals surface area contributed by atoms with Crippen LogP contribution in [0.15, 0.2) is 59.4 Å². The lowest BCUT2D eigenvalue weighted by Crippen LogP contribution is -2.34. The van der Waals surface area contributed by atoms with Crippen molar-refractivity contribution in [3.63, 3.8) is 0 Å². The predicted octanol–water partition coefficient (Wildman–Crippen LogP) is 3.49. The van der Waals surface area contributed by atoms with E-state index in [1.54, 1.807) is 0 Å². The number of fused-ring (bicyclic) bond motifs is 1. The second kappa shape index (κ2) is 12.4. The molecular formula is C27H34N6O3. The van der Waals surface area contributed by atoms with Gasteiger partial charge >= 0.3 is 0 Å². The monoisotopic (exact) mass is 490 g/mol. The molecule has 2 aromatic carbocycles. The van der Waals surface area contributed by atoms with Crippen molar-refractivity contribution in [1.29, 1.82) is 0 Å². The fourth-order valence-electron chi connectivity index (χ4n) is 4.53. The molecule has 36 heavy (non-hydrogen) atoms. The van der Waals surface area contributed by atoms with Crippen molar-refractivity contribution < 1.29 is 9.84 Å². The van der Waals surface area contributed by atoms with Crippen LogP contribution in [0.1, 0.15) is 49.7 Å². The molecule has 4 rings (SSSR count).